The highest BCUT2D eigenvalue weighted by Gasteiger charge is 2.35. The summed E-state index contributed by atoms with van der Waals surface area (Å²) >= 11 is 14.4. The molecule has 2 N–H and O–H groups in total. The van der Waals surface area contributed by atoms with Crippen LogP contribution in [0.5, 0.6) is 0 Å². The molecule has 176 valence electrons. The van der Waals surface area contributed by atoms with Crippen LogP contribution in [-0.2, 0) is 10.5 Å². The first-order valence-electron chi connectivity index (χ1n) is 10.9. The Morgan fingerprint density at radius 3 is 2.43 bits per heavy atom. The van der Waals surface area contributed by atoms with Crippen LogP contribution < -0.4 is 10.6 Å². The molecule has 0 fully saturated rings. The Morgan fingerprint density at radius 2 is 1.69 bits per heavy atom. The molecule has 0 saturated heterocycles. The third kappa shape index (κ3) is 4.93. The maximum Gasteiger partial charge on any atom is 0.255 e. The number of thioether (sulfide) groups is 1. The van der Waals surface area contributed by atoms with E-state index >= 15 is 0 Å². The second-order valence-electron chi connectivity index (χ2n) is 7.95. The van der Waals surface area contributed by atoms with Crippen molar-refractivity contribution in [1.29, 1.82) is 0 Å². The Morgan fingerprint density at radius 1 is 1.00 bits per heavy atom. The molecule has 1 aromatic heterocycles. The summed E-state index contributed by atoms with van der Waals surface area (Å²) in [6, 6.07) is 24.0. The number of amides is 1. The maximum absolute atomic E-state index is 13.5. The summed E-state index contributed by atoms with van der Waals surface area (Å²) in [5.74, 6) is 0.927. The first-order valence-corrected chi connectivity index (χ1v) is 12.7. The first-order chi connectivity index (χ1) is 17.0. The summed E-state index contributed by atoms with van der Waals surface area (Å²) < 4.78 is 1.73. The van der Waals surface area contributed by atoms with Crippen molar-refractivity contribution < 1.29 is 4.79 Å². The second kappa shape index (κ2) is 10.2. The minimum absolute atomic E-state index is 0.238. The molecular weight excluding hydrogens is 501 g/mol. The lowest BCUT2D eigenvalue weighted by atomic mass is 9.95. The van der Waals surface area contributed by atoms with E-state index < -0.39 is 6.04 Å². The molecule has 1 aliphatic heterocycles. The van der Waals surface area contributed by atoms with E-state index in [2.05, 4.69) is 15.6 Å². The number of nitrogens with zero attached hydrogens (tertiary/aromatic N) is 3. The Labute approximate surface area is 217 Å². The van der Waals surface area contributed by atoms with Gasteiger partial charge in [-0.25, -0.2) is 4.68 Å². The Hall–Kier alpha value is -3.26. The molecule has 1 atom stereocenters. The summed E-state index contributed by atoms with van der Waals surface area (Å²) in [7, 11) is 0. The zero-order valence-corrected chi connectivity index (χ0v) is 21.0. The van der Waals surface area contributed by atoms with E-state index in [1.165, 1.54) is 11.8 Å². The lowest BCUT2D eigenvalue weighted by Gasteiger charge is -2.29. The summed E-state index contributed by atoms with van der Waals surface area (Å²) in [5.41, 5.74) is 3.67. The molecule has 4 aromatic rings. The van der Waals surface area contributed by atoms with Gasteiger partial charge in [0.05, 0.1) is 5.57 Å². The molecule has 0 saturated carbocycles. The van der Waals surface area contributed by atoms with Crippen molar-refractivity contribution in [3.05, 3.63) is 111 Å². The SMILES string of the molecule is CC1=C(C(=O)Nc2ccccc2)C(c2ccccc2Cl)n2nc(SCc3ccccc3Cl)nc2N1. The summed E-state index contributed by atoms with van der Waals surface area (Å²) in [5, 5.41) is 12.8. The quantitative estimate of drug-likeness (QED) is 0.273. The van der Waals surface area contributed by atoms with Crippen LogP contribution >= 0.6 is 35.0 Å². The van der Waals surface area contributed by atoms with Gasteiger partial charge in [-0.2, -0.15) is 4.98 Å². The largest absolute Gasteiger partial charge is 0.328 e. The number of rotatable bonds is 6. The van der Waals surface area contributed by atoms with Crippen LogP contribution in [0.4, 0.5) is 11.6 Å². The van der Waals surface area contributed by atoms with Crippen molar-refractivity contribution >= 4 is 52.5 Å². The number of hydrogen-bond donors (Lipinski definition) is 2. The lowest BCUT2D eigenvalue weighted by molar-refractivity contribution is -0.113. The van der Waals surface area contributed by atoms with Gasteiger partial charge in [-0.3, -0.25) is 4.79 Å². The van der Waals surface area contributed by atoms with E-state index in [1.807, 2.05) is 85.8 Å². The molecule has 1 unspecified atom stereocenters. The van der Waals surface area contributed by atoms with Crippen LogP contribution in [0.25, 0.3) is 0 Å². The van der Waals surface area contributed by atoms with E-state index in [4.69, 9.17) is 28.3 Å². The molecular formula is C26H21Cl2N5OS. The van der Waals surface area contributed by atoms with Gasteiger partial charge in [-0.15, -0.1) is 5.10 Å². The number of benzene rings is 3. The van der Waals surface area contributed by atoms with Crippen molar-refractivity contribution in [2.24, 2.45) is 0 Å². The Kier molecular flexibility index (Phi) is 6.81. The fraction of sp³-hybridized carbons (Fsp3) is 0.115. The van der Waals surface area contributed by atoms with Crippen LogP contribution in [0.1, 0.15) is 24.1 Å². The van der Waals surface area contributed by atoms with Gasteiger partial charge >= 0.3 is 0 Å². The van der Waals surface area contributed by atoms with E-state index in [1.54, 1.807) is 4.68 Å². The highest BCUT2D eigenvalue weighted by atomic mass is 35.5. The summed E-state index contributed by atoms with van der Waals surface area (Å²) in [6.07, 6.45) is 0. The molecule has 3 aromatic carbocycles. The van der Waals surface area contributed by atoms with Crippen LogP contribution in [0.3, 0.4) is 0 Å². The number of anilines is 2. The fourth-order valence-electron chi connectivity index (χ4n) is 3.95. The Bertz CT molecular complexity index is 1420. The van der Waals surface area contributed by atoms with Gasteiger partial charge in [-0.05, 0) is 36.8 Å². The van der Waals surface area contributed by atoms with Gasteiger partial charge < -0.3 is 10.6 Å². The van der Waals surface area contributed by atoms with Crippen molar-refractivity contribution in [3.63, 3.8) is 0 Å². The topological polar surface area (TPSA) is 71.8 Å². The zero-order valence-electron chi connectivity index (χ0n) is 18.7. The molecule has 0 radical (unpaired) electrons. The van der Waals surface area contributed by atoms with Crippen molar-refractivity contribution in [2.75, 3.05) is 10.6 Å². The highest BCUT2D eigenvalue weighted by molar-refractivity contribution is 7.98. The molecule has 9 heteroatoms. The molecule has 35 heavy (non-hydrogen) atoms. The van der Waals surface area contributed by atoms with E-state index in [0.29, 0.717) is 43.9 Å². The zero-order chi connectivity index (χ0) is 24.4. The van der Waals surface area contributed by atoms with Crippen molar-refractivity contribution in [1.82, 2.24) is 14.8 Å². The summed E-state index contributed by atoms with van der Waals surface area (Å²) in [4.78, 5) is 18.2. The Balaban J connectivity index is 1.51. The highest BCUT2D eigenvalue weighted by Crippen LogP contribution is 2.39. The minimum Gasteiger partial charge on any atom is -0.328 e. The van der Waals surface area contributed by atoms with E-state index in [-0.39, 0.29) is 5.91 Å². The second-order valence-corrected chi connectivity index (χ2v) is 9.71. The lowest BCUT2D eigenvalue weighted by Crippen LogP contribution is -2.31. The van der Waals surface area contributed by atoms with E-state index in [9.17, 15) is 4.79 Å². The average Bonchev–Trinajstić information content (AvgIpc) is 3.26. The number of allylic oxidation sites excluding steroid dienone is 1. The monoisotopic (exact) mass is 521 g/mol. The molecule has 6 nitrogen and oxygen atoms in total. The molecule has 1 amide bonds. The van der Waals surface area contributed by atoms with Gasteiger partial charge in [-0.1, -0.05) is 89.6 Å². The third-order valence-corrected chi connectivity index (χ3v) is 7.22. The standard InChI is InChI=1S/C26H21Cl2N5OS/c1-16-22(24(34)30-18-10-3-2-4-11-18)23(19-12-6-8-14-21(19)28)33-25(29-16)31-26(32-33)35-15-17-9-5-7-13-20(17)27/h2-14,23H,15H2,1H3,(H,30,34)(H,29,31,32). The molecule has 0 spiro atoms. The number of halogens is 2. The maximum atomic E-state index is 13.5. The number of para-hydroxylation sites is 1. The fourth-order valence-corrected chi connectivity index (χ4v) is 5.30. The first kappa shape index (κ1) is 23.5. The average molecular weight is 522 g/mol. The number of fused-ring (bicyclic) bond motifs is 1. The molecule has 0 aliphatic carbocycles. The number of carbonyl (C=O) groups is 1. The molecule has 5 rings (SSSR count). The van der Waals surface area contributed by atoms with Crippen LogP contribution in [-0.4, -0.2) is 20.7 Å². The minimum atomic E-state index is -0.550. The van der Waals surface area contributed by atoms with Crippen LogP contribution in [0, 0.1) is 0 Å². The molecule has 0 bridgehead atoms. The summed E-state index contributed by atoms with van der Waals surface area (Å²) in [6.45, 7) is 1.86. The van der Waals surface area contributed by atoms with Gasteiger partial charge in [0.15, 0.2) is 0 Å². The van der Waals surface area contributed by atoms with Gasteiger partial charge in [0.25, 0.3) is 5.91 Å². The number of aromatic nitrogens is 3. The number of carbonyl (C=O) groups excluding carboxylic acids is 1. The number of nitrogens with one attached hydrogen (secondary N) is 2. The molecule has 1 aliphatic rings. The predicted octanol–water partition coefficient (Wildman–Crippen LogP) is 6.80. The van der Waals surface area contributed by atoms with Crippen molar-refractivity contribution in [2.45, 2.75) is 23.9 Å². The van der Waals surface area contributed by atoms with Gasteiger partial charge in [0.1, 0.15) is 6.04 Å². The van der Waals surface area contributed by atoms with Gasteiger partial charge in [0, 0.05) is 32.7 Å². The molecule has 2 heterocycles. The third-order valence-electron chi connectivity index (χ3n) is 5.62. The van der Waals surface area contributed by atoms with E-state index in [0.717, 1.165) is 11.1 Å². The normalized spacial score (nSPS) is 14.9. The van der Waals surface area contributed by atoms with Crippen LogP contribution in [0.15, 0.2) is 95.3 Å². The van der Waals surface area contributed by atoms with Crippen LogP contribution in [0.2, 0.25) is 10.0 Å². The predicted molar refractivity (Wildman–Crippen MR) is 142 cm³/mol. The smallest absolute Gasteiger partial charge is 0.255 e. The van der Waals surface area contributed by atoms with Crippen molar-refractivity contribution in [3.8, 4) is 0 Å². The van der Waals surface area contributed by atoms with Gasteiger partial charge in [0.2, 0.25) is 11.1 Å². The number of hydrogen-bond acceptors (Lipinski definition) is 5.